The highest BCUT2D eigenvalue weighted by molar-refractivity contribution is 5.53. The van der Waals surface area contributed by atoms with Crippen LogP contribution in [0.2, 0.25) is 0 Å². The molecular formula is C23H27FN2. The van der Waals surface area contributed by atoms with Gasteiger partial charge in [-0.25, -0.2) is 4.39 Å². The van der Waals surface area contributed by atoms with Crippen LogP contribution in [0.4, 0.5) is 4.39 Å². The SMILES string of the molecule is C=NC1=CC(=C)N(C2(C)CC2)C=C1C(C)c1cccc2c1CCC2(C)F. The van der Waals surface area contributed by atoms with E-state index in [1.54, 1.807) is 6.92 Å². The van der Waals surface area contributed by atoms with Crippen LogP contribution >= 0.6 is 0 Å². The lowest BCUT2D eigenvalue weighted by molar-refractivity contribution is 0.194. The van der Waals surface area contributed by atoms with Crippen LogP contribution in [-0.2, 0) is 12.1 Å². The van der Waals surface area contributed by atoms with E-state index >= 15 is 0 Å². The lowest BCUT2D eigenvalue weighted by Gasteiger charge is -2.34. The van der Waals surface area contributed by atoms with E-state index in [1.165, 1.54) is 24.0 Å². The van der Waals surface area contributed by atoms with E-state index in [2.05, 4.69) is 49.3 Å². The molecule has 136 valence electrons. The number of hydrogen-bond donors (Lipinski definition) is 0. The Morgan fingerprint density at radius 2 is 1.96 bits per heavy atom. The van der Waals surface area contributed by atoms with Crippen molar-refractivity contribution in [2.45, 2.75) is 63.6 Å². The van der Waals surface area contributed by atoms with Crippen LogP contribution in [0.15, 0.2) is 59.0 Å². The summed E-state index contributed by atoms with van der Waals surface area (Å²) in [4.78, 5) is 6.55. The Morgan fingerprint density at radius 3 is 2.62 bits per heavy atom. The maximum Gasteiger partial charge on any atom is 0.133 e. The third kappa shape index (κ3) is 2.56. The van der Waals surface area contributed by atoms with Gasteiger partial charge in [-0.3, -0.25) is 4.99 Å². The van der Waals surface area contributed by atoms with Gasteiger partial charge in [0.2, 0.25) is 0 Å². The minimum atomic E-state index is -1.22. The molecule has 3 aliphatic rings. The second kappa shape index (κ2) is 5.67. The molecule has 0 radical (unpaired) electrons. The first-order valence-corrected chi connectivity index (χ1v) is 9.47. The minimum absolute atomic E-state index is 0.133. The molecule has 2 aliphatic carbocycles. The van der Waals surface area contributed by atoms with E-state index in [-0.39, 0.29) is 11.5 Å². The summed E-state index contributed by atoms with van der Waals surface area (Å²) in [7, 11) is 0. The van der Waals surface area contributed by atoms with Crippen molar-refractivity contribution in [1.82, 2.24) is 4.90 Å². The molecule has 0 spiro atoms. The zero-order valence-electron chi connectivity index (χ0n) is 16.0. The number of hydrogen-bond acceptors (Lipinski definition) is 2. The molecular weight excluding hydrogens is 323 g/mol. The van der Waals surface area contributed by atoms with Gasteiger partial charge in [-0.05, 0) is 69.0 Å². The third-order valence-electron chi connectivity index (χ3n) is 6.45. The van der Waals surface area contributed by atoms with Crippen molar-refractivity contribution in [1.29, 1.82) is 0 Å². The Morgan fingerprint density at radius 1 is 1.23 bits per heavy atom. The normalized spacial score (nSPS) is 27.5. The Hall–Kier alpha value is -2.16. The number of rotatable bonds is 4. The van der Waals surface area contributed by atoms with E-state index in [0.717, 1.165) is 29.0 Å². The summed E-state index contributed by atoms with van der Waals surface area (Å²) in [6, 6.07) is 6.07. The fourth-order valence-corrected chi connectivity index (χ4v) is 4.43. The average Bonchev–Trinajstić information content (AvgIpc) is 3.28. The lowest BCUT2D eigenvalue weighted by atomic mass is 9.85. The summed E-state index contributed by atoms with van der Waals surface area (Å²) < 4.78 is 14.8. The van der Waals surface area contributed by atoms with Gasteiger partial charge < -0.3 is 4.90 Å². The zero-order valence-corrected chi connectivity index (χ0v) is 16.0. The molecule has 0 saturated heterocycles. The summed E-state index contributed by atoms with van der Waals surface area (Å²) in [5, 5.41) is 0. The fraction of sp³-hybridized carbons (Fsp3) is 0.435. The number of alkyl halides is 1. The van der Waals surface area contributed by atoms with Crippen LogP contribution in [0.3, 0.4) is 0 Å². The van der Waals surface area contributed by atoms with Crippen molar-refractivity contribution < 1.29 is 4.39 Å². The Kier molecular flexibility index (Phi) is 3.76. The van der Waals surface area contributed by atoms with Crippen molar-refractivity contribution >= 4 is 6.72 Å². The summed E-state index contributed by atoms with van der Waals surface area (Å²) in [5.74, 6) is 0.133. The van der Waals surface area contributed by atoms with E-state index in [1.807, 2.05) is 18.2 Å². The van der Waals surface area contributed by atoms with Crippen LogP contribution in [0.5, 0.6) is 0 Å². The number of aliphatic imine (C=N–C) groups is 1. The van der Waals surface area contributed by atoms with E-state index < -0.39 is 5.67 Å². The van der Waals surface area contributed by atoms with Gasteiger partial charge in [0.05, 0.1) is 5.70 Å². The van der Waals surface area contributed by atoms with Crippen LogP contribution in [0, 0.1) is 0 Å². The van der Waals surface area contributed by atoms with Crippen LogP contribution in [-0.4, -0.2) is 17.2 Å². The van der Waals surface area contributed by atoms with Crippen LogP contribution in [0.1, 0.15) is 62.6 Å². The number of fused-ring (bicyclic) bond motifs is 1. The molecule has 2 nitrogen and oxygen atoms in total. The van der Waals surface area contributed by atoms with Gasteiger partial charge in [0.1, 0.15) is 5.67 Å². The van der Waals surface area contributed by atoms with Crippen LogP contribution < -0.4 is 0 Å². The summed E-state index contributed by atoms with van der Waals surface area (Å²) in [6.45, 7) is 14.1. The second-order valence-corrected chi connectivity index (χ2v) is 8.42. The predicted octanol–water partition coefficient (Wildman–Crippen LogP) is 5.77. The number of nitrogens with zero attached hydrogens (tertiary/aromatic N) is 2. The average molecular weight is 350 g/mol. The smallest absolute Gasteiger partial charge is 0.133 e. The maximum absolute atomic E-state index is 14.8. The molecule has 1 aromatic carbocycles. The molecule has 26 heavy (non-hydrogen) atoms. The molecule has 1 aliphatic heterocycles. The molecule has 1 saturated carbocycles. The monoisotopic (exact) mass is 350 g/mol. The van der Waals surface area contributed by atoms with Gasteiger partial charge in [0, 0.05) is 28.9 Å². The summed E-state index contributed by atoms with van der Waals surface area (Å²) in [6.07, 6.45) is 7.95. The molecule has 4 rings (SSSR count). The van der Waals surface area contributed by atoms with E-state index in [0.29, 0.717) is 6.42 Å². The second-order valence-electron chi connectivity index (χ2n) is 8.42. The van der Waals surface area contributed by atoms with Crippen LogP contribution in [0.25, 0.3) is 0 Å². The van der Waals surface area contributed by atoms with E-state index in [4.69, 9.17) is 0 Å². The highest BCUT2D eigenvalue weighted by atomic mass is 19.1. The molecule has 1 heterocycles. The topological polar surface area (TPSA) is 15.6 Å². The van der Waals surface area contributed by atoms with Gasteiger partial charge >= 0.3 is 0 Å². The van der Waals surface area contributed by atoms with E-state index in [9.17, 15) is 4.39 Å². The van der Waals surface area contributed by atoms with Crippen molar-refractivity contribution in [3.63, 3.8) is 0 Å². The van der Waals surface area contributed by atoms with Crippen molar-refractivity contribution in [2.24, 2.45) is 4.99 Å². The van der Waals surface area contributed by atoms with Crippen molar-refractivity contribution in [3.05, 3.63) is 70.7 Å². The zero-order chi connectivity index (χ0) is 18.7. The van der Waals surface area contributed by atoms with Crippen molar-refractivity contribution in [3.8, 4) is 0 Å². The van der Waals surface area contributed by atoms with Crippen molar-refractivity contribution in [2.75, 3.05) is 0 Å². The molecule has 2 atom stereocenters. The first-order valence-electron chi connectivity index (χ1n) is 9.47. The lowest BCUT2D eigenvalue weighted by Crippen LogP contribution is -2.31. The minimum Gasteiger partial charge on any atom is -0.342 e. The highest BCUT2D eigenvalue weighted by Gasteiger charge is 2.44. The molecule has 1 aromatic rings. The molecule has 1 fully saturated rings. The Labute approximate surface area is 155 Å². The highest BCUT2D eigenvalue weighted by Crippen LogP contribution is 2.48. The fourth-order valence-electron chi connectivity index (χ4n) is 4.43. The molecule has 0 N–H and O–H groups in total. The Balaban J connectivity index is 1.77. The van der Waals surface area contributed by atoms with Gasteiger partial charge in [-0.2, -0.15) is 0 Å². The molecule has 2 unspecified atom stereocenters. The standard InChI is InChI=1S/C23H27FN2/c1-15-13-21(25-5)19(14-26(15)22(3)11-12-22)16(2)17-7-6-8-20-18(17)9-10-23(20,4)24/h6-8,13-14,16H,1,5,9-12H2,2-4H3. The molecule has 0 aromatic heterocycles. The first kappa shape index (κ1) is 17.3. The molecule has 0 amide bonds. The maximum atomic E-state index is 14.8. The number of benzene rings is 1. The Bertz CT molecular complexity index is 855. The number of allylic oxidation sites excluding steroid dienone is 2. The summed E-state index contributed by atoms with van der Waals surface area (Å²) in [5.41, 5.74) is 5.16. The largest absolute Gasteiger partial charge is 0.342 e. The summed E-state index contributed by atoms with van der Waals surface area (Å²) >= 11 is 0. The predicted molar refractivity (Wildman–Crippen MR) is 106 cm³/mol. The van der Waals surface area contributed by atoms with Gasteiger partial charge in [-0.1, -0.05) is 31.7 Å². The van der Waals surface area contributed by atoms with Gasteiger partial charge in [-0.15, -0.1) is 0 Å². The van der Waals surface area contributed by atoms with Gasteiger partial charge in [0.25, 0.3) is 0 Å². The third-order valence-corrected chi connectivity index (χ3v) is 6.45. The quantitative estimate of drug-likeness (QED) is 0.629. The molecule has 3 heteroatoms. The number of halogens is 1. The first-order chi connectivity index (χ1) is 12.3. The molecule has 0 bridgehead atoms. The van der Waals surface area contributed by atoms with Gasteiger partial charge in [0.15, 0.2) is 0 Å².